The molecule has 0 aliphatic heterocycles. The van der Waals surface area contributed by atoms with Crippen molar-refractivity contribution in [3.63, 3.8) is 0 Å². The number of thiazole rings is 1. The lowest BCUT2D eigenvalue weighted by atomic mass is 10.2. The zero-order chi connectivity index (χ0) is 16.2. The van der Waals surface area contributed by atoms with Crippen molar-refractivity contribution in [3.8, 4) is 5.75 Å². The number of hydrogen-bond donors (Lipinski definition) is 2. The molecule has 0 atom stereocenters. The third-order valence-electron chi connectivity index (χ3n) is 3.20. The summed E-state index contributed by atoms with van der Waals surface area (Å²) < 4.78 is 6.45. The van der Waals surface area contributed by atoms with Crippen molar-refractivity contribution in [1.29, 1.82) is 0 Å². The molecule has 1 aromatic heterocycles. The molecule has 0 aliphatic rings. The van der Waals surface area contributed by atoms with E-state index in [1.165, 1.54) is 11.3 Å². The van der Waals surface area contributed by atoms with Gasteiger partial charge in [-0.3, -0.25) is 5.32 Å². The lowest BCUT2D eigenvalue weighted by Crippen LogP contribution is -2.19. The van der Waals surface area contributed by atoms with Gasteiger partial charge in [0.15, 0.2) is 5.13 Å². The number of carbonyl (C=O) groups is 1. The molecule has 2 aromatic carbocycles. The molecular formula is C17H17N3O2S. The maximum absolute atomic E-state index is 12.0. The zero-order valence-corrected chi connectivity index (χ0v) is 13.7. The summed E-state index contributed by atoms with van der Waals surface area (Å²) in [6, 6.07) is 13.0. The molecule has 0 unspecified atom stereocenters. The van der Waals surface area contributed by atoms with Gasteiger partial charge < -0.3 is 10.1 Å². The van der Waals surface area contributed by atoms with Crippen LogP contribution in [-0.4, -0.2) is 17.6 Å². The second kappa shape index (κ2) is 6.66. The van der Waals surface area contributed by atoms with E-state index in [2.05, 4.69) is 15.6 Å². The number of aromatic nitrogens is 1. The molecule has 0 fully saturated rings. The number of nitrogens with one attached hydrogen (secondary N) is 2. The van der Waals surface area contributed by atoms with Crippen molar-refractivity contribution in [2.24, 2.45) is 0 Å². The van der Waals surface area contributed by atoms with E-state index in [9.17, 15) is 4.79 Å². The van der Waals surface area contributed by atoms with Crippen LogP contribution >= 0.6 is 11.3 Å². The average Bonchev–Trinajstić information content (AvgIpc) is 2.91. The highest BCUT2D eigenvalue weighted by atomic mass is 32.1. The van der Waals surface area contributed by atoms with Gasteiger partial charge in [-0.15, -0.1) is 0 Å². The summed E-state index contributed by atoms with van der Waals surface area (Å²) in [6.07, 6.45) is 0. The quantitative estimate of drug-likeness (QED) is 0.733. The Balaban J connectivity index is 1.70. The van der Waals surface area contributed by atoms with Crippen LogP contribution in [-0.2, 0) is 0 Å². The molecule has 0 saturated carbocycles. The number of benzene rings is 2. The van der Waals surface area contributed by atoms with E-state index in [0.717, 1.165) is 27.2 Å². The maximum atomic E-state index is 12.0. The summed E-state index contributed by atoms with van der Waals surface area (Å²) in [5.74, 6) is 0.805. The van der Waals surface area contributed by atoms with Crippen LogP contribution in [0, 0.1) is 6.92 Å². The van der Waals surface area contributed by atoms with Crippen molar-refractivity contribution in [2.45, 2.75) is 13.8 Å². The normalized spacial score (nSPS) is 10.5. The SMILES string of the molecule is CCOc1ccc2nc(NC(=O)Nc3ccc(C)cc3)sc2c1. The Morgan fingerprint density at radius 2 is 1.96 bits per heavy atom. The van der Waals surface area contributed by atoms with Gasteiger partial charge in [-0.05, 0) is 44.2 Å². The van der Waals surface area contributed by atoms with Crippen molar-refractivity contribution < 1.29 is 9.53 Å². The minimum Gasteiger partial charge on any atom is -0.494 e. The van der Waals surface area contributed by atoms with Gasteiger partial charge in [0, 0.05) is 5.69 Å². The number of nitrogens with zero attached hydrogens (tertiary/aromatic N) is 1. The number of carbonyl (C=O) groups excluding carboxylic acids is 1. The Labute approximate surface area is 138 Å². The standard InChI is InChI=1S/C17H17N3O2S/c1-3-22-13-8-9-14-15(10-13)23-17(19-14)20-16(21)18-12-6-4-11(2)5-7-12/h4-10H,3H2,1-2H3,(H2,18,19,20,21). The van der Waals surface area contributed by atoms with Crippen molar-refractivity contribution >= 4 is 38.4 Å². The summed E-state index contributed by atoms with van der Waals surface area (Å²) in [5, 5.41) is 6.10. The third kappa shape index (κ3) is 3.78. The minimum absolute atomic E-state index is 0.307. The smallest absolute Gasteiger partial charge is 0.325 e. The van der Waals surface area contributed by atoms with Gasteiger partial charge in [0.05, 0.1) is 16.8 Å². The summed E-state index contributed by atoms with van der Waals surface area (Å²) in [5.41, 5.74) is 2.73. The molecule has 6 heteroatoms. The predicted octanol–water partition coefficient (Wildman–Crippen LogP) is 4.65. The Hall–Kier alpha value is -2.60. The Kier molecular flexibility index (Phi) is 4.43. The van der Waals surface area contributed by atoms with Gasteiger partial charge in [0.1, 0.15) is 5.75 Å². The third-order valence-corrected chi connectivity index (χ3v) is 4.13. The van der Waals surface area contributed by atoms with Gasteiger partial charge >= 0.3 is 6.03 Å². The Morgan fingerprint density at radius 1 is 1.17 bits per heavy atom. The lowest BCUT2D eigenvalue weighted by Gasteiger charge is -2.05. The van der Waals surface area contributed by atoms with Crippen molar-refractivity contribution in [3.05, 3.63) is 48.0 Å². The summed E-state index contributed by atoms with van der Waals surface area (Å²) in [6.45, 7) is 4.56. The van der Waals surface area contributed by atoms with Gasteiger partial charge in [0.2, 0.25) is 0 Å². The topological polar surface area (TPSA) is 63.2 Å². The number of amides is 2. The van der Waals surface area contributed by atoms with Gasteiger partial charge in [-0.1, -0.05) is 29.0 Å². The first-order valence-electron chi connectivity index (χ1n) is 7.32. The number of fused-ring (bicyclic) bond motifs is 1. The molecular weight excluding hydrogens is 310 g/mol. The predicted molar refractivity (Wildman–Crippen MR) is 94.6 cm³/mol. The molecule has 0 radical (unpaired) electrons. The minimum atomic E-state index is -0.307. The molecule has 118 valence electrons. The molecule has 0 bridgehead atoms. The Bertz CT molecular complexity index is 827. The molecule has 23 heavy (non-hydrogen) atoms. The zero-order valence-electron chi connectivity index (χ0n) is 12.9. The van der Waals surface area contributed by atoms with Gasteiger partial charge in [0.25, 0.3) is 0 Å². The molecule has 0 aliphatic carbocycles. The van der Waals surface area contributed by atoms with Crippen LogP contribution in [0.1, 0.15) is 12.5 Å². The number of rotatable bonds is 4. The van der Waals surface area contributed by atoms with Crippen LogP contribution in [0.2, 0.25) is 0 Å². The summed E-state index contributed by atoms with van der Waals surface area (Å²) in [4.78, 5) is 16.4. The van der Waals surface area contributed by atoms with Gasteiger partial charge in [-0.2, -0.15) is 0 Å². The van der Waals surface area contributed by atoms with E-state index in [-0.39, 0.29) is 6.03 Å². The number of ether oxygens (including phenoxy) is 1. The highest BCUT2D eigenvalue weighted by Gasteiger charge is 2.09. The number of urea groups is 1. The lowest BCUT2D eigenvalue weighted by molar-refractivity contribution is 0.262. The fourth-order valence-electron chi connectivity index (χ4n) is 2.11. The first-order chi connectivity index (χ1) is 11.1. The van der Waals surface area contributed by atoms with E-state index in [1.54, 1.807) is 0 Å². The number of hydrogen-bond acceptors (Lipinski definition) is 4. The molecule has 0 saturated heterocycles. The summed E-state index contributed by atoms with van der Waals surface area (Å²) in [7, 11) is 0. The first-order valence-corrected chi connectivity index (χ1v) is 8.14. The maximum Gasteiger partial charge on any atom is 0.325 e. The van der Waals surface area contributed by atoms with Crippen LogP contribution in [0.3, 0.4) is 0 Å². The fourth-order valence-corrected chi connectivity index (χ4v) is 3.00. The highest BCUT2D eigenvalue weighted by Crippen LogP contribution is 2.29. The second-order valence-corrected chi connectivity index (χ2v) is 6.06. The largest absolute Gasteiger partial charge is 0.494 e. The molecule has 3 rings (SSSR count). The second-order valence-electron chi connectivity index (χ2n) is 5.03. The first kappa shape index (κ1) is 15.3. The number of anilines is 2. The van der Waals surface area contributed by atoms with Crippen molar-refractivity contribution in [1.82, 2.24) is 4.98 Å². The van der Waals surface area contributed by atoms with Gasteiger partial charge in [-0.25, -0.2) is 9.78 Å². The van der Waals surface area contributed by atoms with Crippen LogP contribution in [0.15, 0.2) is 42.5 Å². The molecule has 2 N–H and O–H groups in total. The van der Waals surface area contributed by atoms with Crippen LogP contribution in [0.25, 0.3) is 10.2 Å². The van der Waals surface area contributed by atoms with Crippen LogP contribution in [0.5, 0.6) is 5.75 Å². The fraction of sp³-hybridized carbons (Fsp3) is 0.176. The monoisotopic (exact) mass is 327 g/mol. The number of aryl methyl sites for hydroxylation is 1. The molecule has 0 spiro atoms. The molecule has 5 nitrogen and oxygen atoms in total. The van der Waals surface area contributed by atoms with Crippen LogP contribution in [0.4, 0.5) is 15.6 Å². The molecule has 1 heterocycles. The van der Waals surface area contributed by atoms with E-state index < -0.39 is 0 Å². The van der Waals surface area contributed by atoms with E-state index in [4.69, 9.17) is 4.74 Å². The summed E-state index contributed by atoms with van der Waals surface area (Å²) >= 11 is 1.42. The molecule has 2 amide bonds. The average molecular weight is 327 g/mol. The van der Waals surface area contributed by atoms with Crippen molar-refractivity contribution in [2.75, 3.05) is 17.2 Å². The molecule has 3 aromatic rings. The van der Waals surface area contributed by atoms with E-state index in [0.29, 0.717) is 11.7 Å². The highest BCUT2D eigenvalue weighted by molar-refractivity contribution is 7.22. The van der Waals surface area contributed by atoms with E-state index >= 15 is 0 Å². The van der Waals surface area contributed by atoms with Crippen LogP contribution < -0.4 is 15.4 Å². The Morgan fingerprint density at radius 3 is 2.70 bits per heavy atom. The van der Waals surface area contributed by atoms with E-state index in [1.807, 2.05) is 56.3 Å².